The quantitative estimate of drug-likeness (QED) is 0.784. The lowest BCUT2D eigenvalue weighted by atomic mass is 10.1. The minimum atomic E-state index is -0.303. The number of pyridine rings is 1. The molecule has 3 heterocycles. The van der Waals surface area contributed by atoms with Crippen LogP contribution in [0, 0.1) is 5.92 Å². The van der Waals surface area contributed by atoms with Crippen molar-refractivity contribution < 1.29 is 9.59 Å². The van der Waals surface area contributed by atoms with E-state index in [9.17, 15) is 9.59 Å². The molecule has 7 nitrogen and oxygen atoms in total. The summed E-state index contributed by atoms with van der Waals surface area (Å²) in [5.41, 5.74) is 1.96. The predicted octanol–water partition coefficient (Wildman–Crippen LogP) is 1.20. The number of rotatable bonds is 6. The van der Waals surface area contributed by atoms with Gasteiger partial charge in [0.15, 0.2) is 5.16 Å². The number of hydrogen-bond acceptors (Lipinski definition) is 5. The highest BCUT2D eigenvalue weighted by Crippen LogP contribution is 2.20. The van der Waals surface area contributed by atoms with Gasteiger partial charge in [0.25, 0.3) is 0 Å². The van der Waals surface area contributed by atoms with E-state index in [1.807, 2.05) is 30.0 Å². The largest absolute Gasteiger partial charge is 0.350 e. The zero-order valence-electron chi connectivity index (χ0n) is 14.3. The van der Waals surface area contributed by atoms with Crippen LogP contribution in [0.4, 0.5) is 0 Å². The first kappa shape index (κ1) is 17.5. The van der Waals surface area contributed by atoms with E-state index in [4.69, 9.17) is 0 Å². The second kappa shape index (κ2) is 7.69. The van der Waals surface area contributed by atoms with Crippen LogP contribution in [-0.2, 0) is 29.7 Å². The van der Waals surface area contributed by atoms with E-state index < -0.39 is 0 Å². The molecular formula is C17H21N5O2S. The molecule has 0 saturated carbocycles. The third-order valence-corrected chi connectivity index (χ3v) is 5.12. The van der Waals surface area contributed by atoms with E-state index in [2.05, 4.69) is 15.3 Å². The maximum absolute atomic E-state index is 12.4. The summed E-state index contributed by atoms with van der Waals surface area (Å²) in [4.78, 5) is 34.6. The van der Waals surface area contributed by atoms with Crippen molar-refractivity contribution in [1.82, 2.24) is 24.8 Å². The second-order valence-corrected chi connectivity index (χ2v) is 6.82. The van der Waals surface area contributed by atoms with Crippen molar-refractivity contribution >= 4 is 23.6 Å². The summed E-state index contributed by atoms with van der Waals surface area (Å²) < 4.78 is 1.96. The van der Waals surface area contributed by atoms with Gasteiger partial charge in [-0.3, -0.25) is 14.6 Å². The van der Waals surface area contributed by atoms with Crippen LogP contribution >= 0.6 is 11.8 Å². The first-order chi connectivity index (χ1) is 12.1. The van der Waals surface area contributed by atoms with Gasteiger partial charge in [-0.1, -0.05) is 11.8 Å². The van der Waals surface area contributed by atoms with Gasteiger partial charge in [0.1, 0.15) is 0 Å². The van der Waals surface area contributed by atoms with E-state index in [0.29, 0.717) is 19.6 Å². The number of thioether (sulfide) groups is 1. The Labute approximate surface area is 150 Å². The average Bonchev–Trinajstić information content (AvgIpc) is 3.16. The standard InChI is InChI=1S/C17H21N5O2S/c1-21-14(9-20-17(21)25-2)8-19-16(24)13-7-15(23)22(11-13)10-12-3-5-18-6-4-12/h3-6,9,13H,7-8,10-11H2,1-2H3,(H,19,24)/t13-/m0/s1. The monoisotopic (exact) mass is 359 g/mol. The van der Waals surface area contributed by atoms with Gasteiger partial charge in [0.2, 0.25) is 11.8 Å². The Morgan fingerprint density at radius 1 is 1.40 bits per heavy atom. The summed E-state index contributed by atoms with van der Waals surface area (Å²) in [5, 5.41) is 3.83. The van der Waals surface area contributed by atoms with Gasteiger partial charge in [-0.15, -0.1) is 0 Å². The summed E-state index contributed by atoms with van der Waals surface area (Å²) in [7, 11) is 1.93. The minimum absolute atomic E-state index is 0.0159. The van der Waals surface area contributed by atoms with Crippen molar-refractivity contribution in [1.29, 1.82) is 0 Å². The van der Waals surface area contributed by atoms with Crippen LogP contribution < -0.4 is 5.32 Å². The molecule has 8 heteroatoms. The maximum Gasteiger partial charge on any atom is 0.225 e. The van der Waals surface area contributed by atoms with Crippen molar-refractivity contribution in [2.75, 3.05) is 12.8 Å². The van der Waals surface area contributed by atoms with E-state index in [1.165, 1.54) is 0 Å². The van der Waals surface area contributed by atoms with Crippen molar-refractivity contribution in [2.45, 2.75) is 24.7 Å². The molecule has 1 atom stereocenters. The molecule has 0 unspecified atom stereocenters. The fraction of sp³-hybridized carbons (Fsp3) is 0.412. The highest BCUT2D eigenvalue weighted by Gasteiger charge is 2.34. The molecule has 1 saturated heterocycles. The number of aromatic nitrogens is 3. The van der Waals surface area contributed by atoms with Gasteiger partial charge < -0.3 is 14.8 Å². The van der Waals surface area contributed by atoms with E-state index in [1.54, 1.807) is 35.3 Å². The van der Waals surface area contributed by atoms with Crippen LogP contribution in [0.15, 0.2) is 35.9 Å². The molecule has 0 bridgehead atoms. The molecular weight excluding hydrogens is 338 g/mol. The molecule has 0 aliphatic carbocycles. The molecule has 2 aromatic rings. The van der Waals surface area contributed by atoms with Crippen LogP contribution in [0.25, 0.3) is 0 Å². The van der Waals surface area contributed by atoms with Crippen molar-refractivity contribution in [3.63, 3.8) is 0 Å². The Kier molecular flexibility index (Phi) is 5.37. The van der Waals surface area contributed by atoms with Gasteiger partial charge in [-0.2, -0.15) is 0 Å². The third-order valence-electron chi connectivity index (χ3n) is 4.38. The SMILES string of the molecule is CSc1ncc(CNC(=O)[C@H]2CC(=O)N(Cc3ccncc3)C2)n1C. The molecule has 0 spiro atoms. The third kappa shape index (κ3) is 4.01. The first-order valence-electron chi connectivity index (χ1n) is 8.07. The van der Waals surface area contributed by atoms with Crippen LogP contribution in [-0.4, -0.2) is 44.0 Å². The van der Waals surface area contributed by atoms with E-state index in [-0.39, 0.29) is 24.2 Å². The van der Waals surface area contributed by atoms with Crippen LogP contribution in [0.2, 0.25) is 0 Å². The summed E-state index contributed by atoms with van der Waals surface area (Å²) >= 11 is 1.56. The van der Waals surface area contributed by atoms with Gasteiger partial charge in [-0.25, -0.2) is 4.98 Å². The molecule has 1 fully saturated rings. The van der Waals surface area contributed by atoms with Gasteiger partial charge in [-0.05, 0) is 24.0 Å². The zero-order chi connectivity index (χ0) is 17.8. The van der Waals surface area contributed by atoms with E-state index in [0.717, 1.165) is 16.4 Å². The number of imidazole rings is 1. The number of nitrogens with zero attached hydrogens (tertiary/aromatic N) is 4. The first-order valence-corrected chi connectivity index (χ1v) is 9.30. The number of amides is 2. The Hall–Kier alpha value is -2.35. The van der Waals surface area contributed by atoms with Crippen LogP contribution in [0.5, 0.6) is 0 Å². The smallest absolute Gasteiger partial charge is 0.225 e. The fourth-order valence-corrected chi connectivity index (χ4v) is 3.46. The molecule has 3 rings (SSSR count). The molecule has 25 heavy (non-hydrogen) atoms. The summed E-state index contributed by atoms with van der Waals surface area (Å²) in [6.07, 6.45) is 7.40. The zero-order valence-corrected chi connectivity index (χ0v) is 15.1. The van der Waals surface area contributed by atoms with Crippen LogP contribution in [0.3, 0.4) is 0 Å². The molecule has 132 valence electrons. The molecule has 1 aliphatic rings. The molecule has 0 radical (unpaired) electrons. The molecule has 0 aromatic carbocycles. The Morgan fingerprint density at radius 3 is 2.84 bits per heavy atom. The lowest BCUT2D eigenvalue weighted by molar-refractivity contribution is -0.129. The lowest BCUT2D eigenvalue weighted by Gasteiger charge is -2.16. The van der Waals surface area contributed by atoms with Gasteiger partial charge >= 0.3 is 0 Å². The topological polar surface area (TPSA) is 80.1 Å². The van der Waals surface area contributed by atoms with Crippen molar-refractivity contribution in [3.8, 4) is 0 Å². The molecule has 1 N–H and O–H groups in total. The maximum atomic E-state index is 12.4. The number of carbonyl (C=O) groups is 2. The second-order valence-electron chi connectivity index (χ2n) is 6.04. The highest BCUT2D eigenvalue weighted by atomic mass is 32.2. The highest BCUT2D eigenvalue weighted by molar-refractivity contribution is 7.98. The number of likely N-dealkylation sites (tertiary alicyclic amines) is 1. The molecule has 2 aromatic heterocycles. The summed E-state index contributed by atoms with van der Waals surface area (Å²) in [6.45, 7) is 1.39. The lowest BCUT2D eigenvalue weighted by Crippen LogP contribution is -2.33. The predicted molar refractivity (Wildman–Crippen MR) is 94.6 cm³/mol. The Balaban J connectivity index is 1.54. The molecule has 1 aliphatic heterocycles. The van der Waals surface area contributed by atoms with Gasteiger partial charge in [0, 0.05) is 39.0 Å². The van der Waals surface area contributed by atoms with Crippen molar-refractivity contribution in [3.05, 3.63) is 42.0 Å². The number of carbonyl (C=O) groups excluding carboxylic acids is 2. The van der Waals surface area contributed by atoms with Crippen LogP contribution in [0.1, 0.15) is 17.7 Å². The minimum Gasteiger partial charge on any atom is -0.350 e. The Bertz CT molecular complexity index is 762. The molecule has 2 amide bonds. The number of nitrogens with one attached hydrogen (secondary N) is 1. The fourth-order valence-electron chi connectivity index (χ4n) is 2.91. The van der Waals surface area contributed by atoms with E-state index >= 15 is 0 Å². The average molecular weight is 359 g/mol. The number of hydrogen-bond donors (Lipinski definition) is 1. The summed E-state index contributed by atoms with van der Waals surface area (Å²) in [6, 6.07) is 3.76. The van der Waals surface area contributed by atoms with Crippen molar-refractivity contribution in [2.24, 2.45) is 13.0 Å². The normalized spacial score (nSPS) is 17.1. The summed E-state index contributed by atoms with van der Waals surface area (Å²) in [5.74, 6) is -0.373. The van der Waals surface area contributed by atoms with Gasteiger partial charge in [0.05, 0.1) is 24.4 Å². The Morgan fingerprint density at radius 2 is 2.16 bits per heavy atom.